The van der Waals surface area contributed by atoms with Gasteiger partial charge in [0.1, 0.15) is 73.2 Å². The van der Waals surface area contributed by atoms with Gasteiger partial charge >= 0.3 is 0 Å². The van der Waals surface area contributed by atoms with Crippen LogP contribution in [0.4, 0.5) is 0 Å². The van der Waals surface area contributed by atoms with Crippen LogP contribution in [0.2, 0.25) is 0 Å². The minimum absolute atomic E-state index is 0.241. The van der Waals surface area contributed by atoms with Crippen LogP contribution < -0.4 is 5.32 Å². The molecule has 3 heterocycles. The maximum Gasteiger partial charge on any atom is 0.220 e. The highest BCUT2D eigenvalue weighted by Crippen LogP contribution is 2.33. The number of nitrogens with one attached hydrogen (secondary N) is 1. The van der Waals surface area contributed by atoms with Crippen molar-refractivity contribution in [3.63, 3.8) is 0 Å². The Morgan fingerprint density at radius 1 is 0.438 bits per heavy atom. The van der Waals surface area contributed by atoms with E-state index in [0.29, 0.717) is 12.8 Å². The molecule has 12 N–H and O–H groups in total. The molecule has 3 aliphatic rings. The van der Waals surface area contributed by atoms with Crippen LogP contribution in [-0.2, 0) is 33.2 Å². The van der Waals surface area contributed by atoms with Crippen LogP contribution in [0.25, 0.3) is 0 Å². The zero-order chi connectivity index (χ0) is 53.4. The summed E-state index contributed by atoms with van der Waals surface area (Å²) in [5.74, 6) is -0.241. The van der Waals surface area contributed by atoms with Gasteiger partial charge in [-0.25, -0.2) is 0 Å². The van der Waals surface area contributed by atoms with Crippen molar-refractivity contribution in [3.8, 4) is 0 Å². The van der Waals surface area contributed by atoms with Crippen LogP contribution in [0.3, 0.4) is 0 Å². The second-order valence-corrected chi connectivity index (χ2v) is 21.1. The standard InChI is InChI=1S/C54H103NO18/c1-3-5-7-9-11-13-15-17-19-21-23-25-27-29-31-38(59)37(55-42(60)32-30-28-26-24-22-20-18-16-14-12-10-8-6-4-2)36-68-52-48(66)45(63)50(40(34-57)70-52)73-54-49(67)46(64)51(41(35-58)71-54)72-53-47(65)44(62)43(61)39(33-56)69-53/h37-41,43-54,56-59,61-67H,3-36H2,1-2H3,(H,55,60). The number of carbonyl (C=O) groups is 1. The molecule has 0 aliphatic carbocycles. The van der Waals surface area contributed by atoms with Gasteiger partial charge in [0.25, 0.3) is 0 Å². The van der Waals surface area contributed by atoms with E-state index >= 15 is 0 Å². The van der Waals surface area contributed by atoms with Crippen molar-refractivity contribution < 1.29 is 89.4 Å². The van der Waals surface area contributed by atoms with Gasteiger partial charge in [-0.15, -0.1) is 0 Å². The Balaban J connectivity index is 1.52. The first-order chi connectivity index (χ1) is 35.3. The molecule has 0 bridgehead atoms. The molecule has 17 atom stereocenters. The van der Waals surface area contributed by atoms with Gasteiger partial charge in [0.15, 0.2) is 18.9 Å². The van der Waals surface area contributed by atoms with E-state index < -0.39 is 124 Å². The Kier molecular flexibility index (Phi) is 35.5. The lowest BCUT2D eigenvalue weighted by Gasteiger charge is -2.48. The monoisotopic (exact) mass is 1050 g/mol. The summed E-state index contributed by atoms with van der Waals surface area (Å²) in [6.07, 6.45) is 7.61. The molecule has 73 heavy (non-hydrogen) atoms. The number of hydrogen-bond acceptors (Lipinski definition) is 18. The van der Waals surface area contributed by atoms with Crippen molar-refractivity contribution in [3.05, 3.63) is 0 Å². The molecule has 3 aliphatic heterocycles. The maximum atomic E-state index is 13.3. The topological polar surface area (TPSA) is 307 Å². The Labute approximate surface area is 436 Å². The third kappa shape index (κ3) is 24.1. The van der Waals surface area contributed by atoms with Crippen molar-refractivity contribution >= 4 is 5.91 Å². The third-order valence-corrected chi connectivity index (χ3v) is 14.9. The van der Waals surface area contributed by atoms with Crippen LogP contribution in [-0.4, -0.2) is 193 Å². The van der Waals surface area contributed by atoms with E-state index in [4.69, 9.17) is 28.4 Å². The van der Waals surface area contributed by atoms with Gasteiger partial charge in [-0.3, -0.25) is 4.79 Å². The minimum atomic E-state index is -1.97. The zero-order valence-corrected chi connectivity index (χ0v) is 44.6. The van der Waals surface area contributed by atoms with Crippen LogP contribution in [0.1, 0.15) is 206 Å². The molecule has 1 amide bonds. The summed E-state index contributed by atoms with van der Waals surface area (Å²) in [6.45, 7) is 1.78. The number of aliphatic hydroxyl groups excluding tert-OH is 11. The molecule has 0 radical (unpaired) electrons. The van der Waals surface area contributed by atoms with Crippen molar-refractivity contribution in [2.24, 2.45) is 0 Å². The van der Waals surface area contributed by atoms with Gasteiger partial charge in [-0.05, 0) is 12.8 Å². The molecule has 0 aromatic rings. The molecule has 0 aromatic carbocycles. The van der Waals surface area contributed by atoms with E-state index in [1.807, 2.05) is 0 Å². The predicted molar refractivity (Wildman–Crippen MR) is 273 cm³/mol. The molecular weight excluding hydrogens is 951 g/mol. The van der Waals surface area contributed by atoms with Gasteiger partial charge in [0.05, 0.1) is 38.6 Å². The van der Waals surface area contributed by atoms with Crippen molar-refractivity contribution in [2.45, 2.75) is 311 Å². The molecule has 19 heteroatoms. The maximum absolute atomic E-state index is 13.3. The van der Waals surface area contributed by atoms with Crippen LogP contribution in [0.5, 0.6) is 0 Å². The molecule has 19 nitrogen and oxygen atoms in total. The lowest BCUT2D eigenvalue weighted by atomic mass is 9.96. The highest BCUT2D eigenvalue weighted by molar-refractivity contribution is 5.76. The summed E-state index contributed by atoms with van der Waals surface area (Å²) in [6, 6.07) is -0.878. The highest BCUT2D eigenvalue weighted by atomic mass is 16.8. The molecule has 0 saturated carbocycles. The smallest absolute Gasteiger partial charge is 0.220 e. The van der Waals surface area contributed by atoms with E-state index in [1.54, 1.807) is 0 Å². The fourth-order valence-corrected chi connectivity index (χ4v) is 10.1. The lowest BCUT2D eigenvalue weighted by molar-refractivity contribution is -0.379. The summed E-state index contributed by atoms with van der Waals surface area (Å²) in [7, 11) is 0. The highest BCUT2D eigenvalue weighted by Gasteiger charge is 2.53. The Bertz CT molecular complexity index is 1350. The Morgan fingerprint density at radius 3 is 1.19 bits per heavy atom. The molecule has 432 valence electrons. The molecule has 3 rings (SSSR count). The van der Waals surface area contributed by atoms with E-state index in [-0.39, 0.29) is 18.9 Å². The molecular formula is C54H103NO18. The number of hydrogen-bond donors (Lipinski definition) is 12. The fourth-order valence-electron chi connectivity index (χ4n) is 10.1. The number of ether oxygens (including phenoxy) is 6. The van der Waals surface area contributed by atoms with Crippen molar-refractivity contribution in [2.75, 3.05) is 26.4 Å². The number of rotatable bonds is 42. The predicted octanol–water partition coefficient (Wildman–Crippen LogP) is 4.04. The SMILES string of the molecule is CCCCCCCCCCCCCCCCC(=O)NC(COC1OC(CO)C(OC2OC(CO)C(OC3OC(CO)C(O)C(O)C3O)C(O)C2O)C(O)C1O)C(O)CCCCCCCCCCCCCCCC. The molecule has 3 fully saturated rings. The van der Waals surface area contributed by atoms with Gasteiger partial charge in [0, 0.05) is 6.42 Å². The molecule has 3 saturated heterocycles. The van der Waals surface area contributed by atoms with Gasteiger partial charge < -0.3 is 89.9 Å². The molecule has 0 aromatic heterocycles. The summed E-state index contributed by atoms with van der Waals surface area (Å²) >= 11 is 0. The summed E-state index contributed by atoms with van der Waals surface area (Å²) < 4.78 is 34.3. The summed E-state index contributed by atoms with van der Waals surface area (Å²) in [5.41, 5.74) is 0. The van der Waals surface area contributed by atoms with Crippen molar-refractivity contribution in [1.29, 1.82) is 0 Å². The number of carbonyl (C=O) groups excluding carboxylic acids is 1. The molecule has 17 unspecified atom stereocenters. The average Bonchev–Trinajstić information content (AvgIpc) is 3.39. The minimum Gasteiger partial charge on any atom is -0.394 e. The Hall–Kier alpha value is -1.21. The van der Waals surface area contributed by atoms with Crippen LogP contribution in [0.15, 0.2) is 0 Å². The Morgan fingerprint density at radius 2 is 0.781 bits per heavy atom. The van der Waals surface area contributed by atoms with E-state index in [9.17, 15) is 61.0 Å². The van der Waals surface area contributed by atoms with Crippen LogP contribution in [0, 0.1) is 0 Å². The number of amides is 1. The first kappa shape index (κ1) is 66.1. The van der Waals surface area contributed by atoms with Gasteiger partial charge in [-0.2, -0.15) is 0 Å². The largest absolute Gasteiger partial charge is 0.394 e. The summed E-state index contributed by atoms with van der Waals surface area (Å²) in [5, 5.41) is 120. The van der Waals surface area contributed by atoms with E-state index in [0.717, 1.165) is 44.9 Å². The fraction of sp³-hybridized carbons (Fsp3) is 0.981. The lowest BCUT2D eigenvalue weighted by Crippen LogP contribution is -2.66. The first-order valence-electron chi connectivity index (χ1n) is 28.8. The normalized spacial score (nSPS) is 31.7. The second-order valence-electron chi connectivity index (χ2n) is 21.1. The van der Waals surface area contributed by atoms with E-state index in [2.05, 4.69) is 19.2 Å². The average molecular weight is 1050 g/mol. The van der Waals surface area contributed by atoms with Gasteiger partial charge in [-0.1, -0.05) is 187 Å². The number of aliphatic hydroxyl groups is 11. The van der Waals surface area contributed by atoms with Crippen LogP contribution >= 0.6 is 0 Å². The quantitative estimate of drug-likeness (QED) is 0.0384. The molecule has 0 spiro atoms. The van der Waals surface area contributed by atoms with E-state index in [1.165, 1.54) is 128 Å². The van der Waals surface area contributed by atoms with Gasteiger partial charge in [0.2, 0.25) is 5.91 Å². The zero-order valence-electron chi connectivity index (χ0n) is 44.6. The summed E-state index contributed by atoms with van der Waals surface area (Å²) in [4.78, 5) is 13.3. The number of unbranched alkanes of at least 4 members (excludes halogenated alkanes) is 26. The van der Waals surface area contributed by atoms with Crippen molar-refractivity contribution in [1.82, 2.24) is 5.32 Å². The second kappa shape index (κ2) is 39.2. The first-order valence-corrected chi connectivity index (χ1v) is 28.8. The third-order valence-electron chi connectivity index (χ3n) is 14.9.